The molecule has 1 saturated heterocycles. The number of hydrogen-bond donors (Lipinski definition) is 0. The minimum atomic E-state index is -3.36. The van der Waals surface area contributed by atoms with Crippen molar-refractivity contribution in [3.63, 3.8) is 0 Å². The van der Waals surface area contributed by atoms with Crippen molar-refractivity contribution in [3.8, 4) is 5.19 Å². The molecule has 1 aromatic heterocycles. The monoisotopic (exact) mass is 358 g/mol. The van der Waals surface area contributed by atoms with E-state index in [1.54, 1.807) is 30.5 Å². The van der Waals surface area contributed by atoms with E-state index in [0.717, 1.165) is 0 Å². The lowest BCUT2D eigenvalue weighted by Crippen LogP contribution is -2.32. The Morgan fingerprint density at radius 2 is 2.32 bits per heavy atom. The first kappa shape index (κ1) is 15.7. The number of thiazole rings is 1. The van der Waals surface area contributed by atoms with E-state index in [4.69, 9.17) is 16.3 Å². The van der Waals surface area contributed by atoms with Gasteiger partial charge in [0.25, 0.3) is 5.19 Å². The number of benzene rings is 1. The Morgan fingerprint density at radius 3 is 3.05 bits per heavy atom. The van der Waals surface area contributed by atoms with Crippen LogP contribution < -0.4 is 4.74 Å². The quantitative estimate of drug-likeness (QED) is 0.824. The molecule has 0 saturated carbocycles. The lowest BCUT2D eigenvalue weighted by Gasteiger charge is -2.16. The molecule has 1 aliphatic rings. The molecule has 0 radical (unpaired) electrons. The van der Waals surface area contributed by atoms with Crippen molar-refractivity contribution in [3.05, 3.63) is 46.4 Å². The molecule has 118 valence electrons. The minimum Gasteiger partial charge on any atom is -0.465 e. The normalized spacial score (nSPS) is 19.4. The summed E-state index contributed by atoms with van der Waals surface area (Å²) >= 11 is 7.31. The summed E-state index contributed by atoms with van der Waals surface area (Å²) < 4.78 is 32.1. The van der Waals surface area contributed by atoms with Gasteiger partial charge in [0.2, 0.25) is 10.0 Å². The van der Waals surface area contributed by atoms with Crippen LogP contribution in [-0.2, 0) is 15.8 Å². The molecule has 5 nitrogen and oxygen atoms in total. The molecule has 1 aliphatic heterocycles. The number of sulfonamides is 1. The predicted molar refractivity (Wildman–Crippen MR) is 86.8 cm³/mol. The second kappa shape index (κ2) is 6.54. The van der Waals surface area contributed by atoms with Crippen LogP contribution in [0.4, 0.5) is 0 Å². The second-order valence-electron chi connectivity index (χ2n) is 5.07. The molecule has 1 unspecified atom stereocenters. The van der Waals surface area contributed by atoms with Crippen molar-refractivity contribution in [1.82, 2.24) is 9.29 Å². The van der Waals surface area contributed by atoms with E-state index in [1.807, 2.05) is 5.38 Å². The van der Waals surface area contributed by atoms with Crippen LogP contribution in [-0.4, -0.2) is 36.9 Å². The Balaban J connectivity index is 1.63. The fourth-order valence-corrected chi connectivity index (χ4v) is 4.71. The molecule has 2 heterocycles. The number of hydrogen-bond acceptors (Lipinski definition) is 5. The Labute approximate surface area is 138 Å². The van der Waals surface area contributed by atoms with E-state index < -0.39 is 10.0 Å². The summed E-state index contributed by atoms with van der Waals surface area (Å²) in [5, 5.41) is 2.95. The first-order valence-electron chi connectivity index (χ1n) is 6.81. The van der Waals surface area contributed by atoms with Crippen LogP contribution in [0.2, 0.25) is 5.02 Å². The lowest BCUT2D eigenvalue weighted by atomic mass is 10.2. The molecule has 0 bridgehead atoms. The summed E-state index contributed by atoms with van der Waals surface area (Å²) in [4.78, 5) is 4.06. The predicted octanol–water partition coefficient (Wildman–Crippen LogP) is 2.78. The maximum atomic E-state index is 12.5. The molecule has 0 N–H and O–H groups in total. The van der Waals surface area contributed by atoms with E-state index in [9.17, 15) is 8.42 Å². The number of ether oxygens (including phenoxy) is 1. The summed E-state index contributed by atoms with van der Waals surface area (Å²) in [6.07, 6.45) is 2.21. The fraction of sp³-hybridized carbons (Fsp3) is 0.357. The van der Waals surface area contributed by atoms with Gasteiger partial charge < -0.3 is 4.74 Å². The zero-order valence-corrected chi connectivity index (χ0v) is 14.1. The summed E-state index contributed by atoms with van der Waals surface area (Å²) in [5.41, 5.74) is 0.691. The summed E-state index contributed by atoms with van der Waals surface area (Å²) in [6, 6.07) is 6.93. The van der Waals surface area contributed by atoms with Crippen LogP contribution in [0, 0.1) is 0 Å². The van der Waals surface area contributed by atoms with Crippen LogP contribution >= 0.6 is 22.9 Å². The SMILES string of the molecule is O=S(=O)(Cc1cccc(Cl)c1)N1CCC(Oc2nccs2)C1. The van der Waals surface area contributed by atoms with E-state index in [0.29, 0.717) is 35.3 Å². The van der Waals surface area contributed by atoms with Crippen LogP contribution in [0.3, 0.4) is 0 Å². The summed E-state index contributed by atoms with van der Waals surface area (Å²) in [6.45, 7) is 0.835. The standard InChI is InChI=1S/C14H15ClN2O3S2/c15-12-3-1-2-11(8-12)10-22(18,19)17-6-4-13(9-17)20-14-16-5-7-21-14/h1-3,5,7-8,13H,4,6,9-10H2. The number of halogens is 1. The molecule has 22 heavy (non-hydrogen) atoms. The summed E-state index contributed by atoms with van der Waals surface area (Å²) in [7, 11) is -3.36. The highest BCUT2D eigenvalue weighted by atomic mass is 35.5. The molecule has 1 fully saturated rings. The van der Waals surface area contributed by atoms with Crippen molar-refractivity contribution in [1.29, 1.82) is 0 Å². The van der Waals surface area contributed by atoms with Crippen molar-refractivity contribution < 1.29 is 13.2 Å². The molecule has 8 heteroatoms. The van der Waals surface area contributed by atoms with Gasteiger partial charge in [-0.3, -0.25) is 0 Å². The Bertz CT molecular complexity index is 734. The Kier molecular flexibility index (Phi) is 4.67. The number of aromatic nitrogens is 1. The van der Waals surface area contributed by atoms with Gasteiger partial charge in [0, 0.05) is 23.1 Å². The number of nitrogens with zero attached hydrogens (tertiary/aromatic N) is 2. The fourth-order valence-electron chi connectivity index (χ4n) is 2.39. The molecular formula is C14H15ClN2O3S2. The zero-order valence-electron chi connectivity index (χ0n) is 11.7. The van der Waals surface area contributed by atoms with Crippen LogP contribution in [0.5, 0.6) is 5.19 Å². The maximum absolute atomic E-state index is 12.5. The second-order valence-corrected chi connectivity index (χ2v) is 8.33. The maximum Gasteiger partial charge on any atom is 0.273 e. The smallest absolute Gasteiger partial charge is 0.273 e. The largest absolute Gasteiger partial charge is 0.465 e. The molecule has 1 aromatic carbocycles. The van der Waals surface area contributed by atoms with Crippen molar-refractivity contribution in [2.45, 2.75) is 18.3 Å². The Hall–Kier alpha value is -1.15. The Morgan fingerprint density at radius 1 is 1.45 bits per heavy atom. The highest BCUT2D eigenvalue weighted by Crippen LogP contribution is 2.23. The van der Waals surface area contributed by atoms with Gasteiger partial charge in [-0.1, -0.05) is 35.1 Å². The molecule has 0 amide bonds. The van der Waals surface area contributed by atoms with Gasteiger partial charge in [-0.2, -0.15) is 4.31 Å². The van der Waals surface area contributed by atoms with Gasteiger partial charge in [-0.25, -0.2) is 13.4 Å². The van der Waals surface area contributed by atoms with Gasteiger partial charge in [0.1, 0.15) is 6.10 Å². The highest BCUT2D eigenvalue weighted by molar-refractivity contribution is 7.88. The molecule has 3 rings (SSSR count). The van der Waals surface area contributed by atoms with Gasteiger partial charge in [-0.05, 0) is 24.1 Å². The van der Waals surface area contributed by atoms with Crippen molar-refractivity contribution in [2.24, 2.45) is 0 Å². The van der Waals surface area contributed by atoms with Gasteiger partial charge in [0.15, 0.2) is 0 Å². The van der Waals surface area contributed by atoms with Gasteiger partial charge in [0.05, 0.1) is 12.3 Å². The van der Waals surface area contributed by atoms with E-state index in [-0.39, 0.29) is 11.9 Å². The first-order chi connectivity index (χ1) is 10.5. The number of rotatable bonds is 5. The average Bonchev–Trinajstić information content (AvgIpc) is 3.10. The van der Waals surface area contributed by atoms with Crippen LogP contribution in [0.1, 0.15) is 12.0 Å². The van der Waals surface area contributed by atoms with Crippen LogP contribution in [0.15, 0.2) is 35.8 Å². The van der Waals surface area contributed by atoms with E-state index in [2.05, 4.69) is 4.98 Å². The molecule has 0 spiro atoms. The van der Waals surface area contributed by atoms with E-state index in [1.165, 1.54) is 15.6 Å². The molecule has 1 atom stereocenters. The van der Waals surface area contributed by atoms with Crippen molar-refractivity contribution >= 4 is 33.0 Å². The molecule has 0 aliphatic carbocycles. The first-order valence-corrected chi connectivity index (χ1v) is 9.68. The highest BCUT2D eigenvalue weighted by Gasteiger charge is 2.32. The van der Waals surface area contributed by atoms with E-state index >= 15 is 0 Å². The van der Waals surface area contributed by atoms with Crippen LogP contribution in [0.25, 0.3) is 0 Å². The molecule has 2 aromatic rings. The topological polar surface area (TPSA) is 59.5 Å². The van der Waals surface area contributed by atoms with Gasteiger partial charge >= 0.3 is 0 Å². The van der Waals surface area contributed by atoms with Gasteiger partial charge in [-0.15, -0.1) is 0 Å². The minimum absolute atomic E-state index is 0.0441. The summed E-state index contributed by atoms with van der Waals surface area (Å²) in [5.74, 6) is -0.0441. The molecular weight excluding hydrogens is 344 g/mol. The third-order valence-electron chi connectivity index (χ3n) is 3.42. The average molecular weight is 359 g/mol. The zero-order chi connectivity index (χ0) is 15.6. The third-order valence-corrected chi connectivity index (χ3v) is 6.13. The third kappa shape index (κ3) is 3.78. The van der Waals surface area contributed by atoms with Crippen molar-refractivity contribution in [2.75, 3.05) is 13.1 Å². The lowest BCUT2D eigenvalue weighted by molar-refractivity contribution is 0.214.